The summed E-state index contributed by atoms with van der Waals surface area (Å²) in [5, 5.41) is 2.91. The van der Waals surface area contributed by atoms with E-state index < -0.39 is 0 Å². The molecule has 1 unspecified atom stereocenters. The van der Waals surface area contributed by atoms with E-state index in [1.807, 2.05) is 0 Å². The van der Waals surface area contributed by atoms with E-state index in [1.54, 1.807) is 14.0 Å². The van der Waals surface area contributed by atoms with Gasteiger partial charge in [0.05, 0.1) is 10.9 Å². The summed E-state index contributed by atoms with van der Waals surface area (Å²) in [7, 11) is 1.70. The van der Waals surface area contributed by atoms with Gasteiger partial charge in [0.25, 0.3) is 0 Å². The summed E-state index contributed by atoms with van der Waals surface area (Å²) >= 11 is 4.78. The van der Waals surface area contributed by atoms with Gasteiger partial charge in [-0.25, -0.2) is 0 Å². The number of hydrogen-bond acceptors (Lipinski definition) is 3. The number of amides is 1. The van der Waals surface area contributed by atoms with Gasteiger partial charge in [-0.05, 0) is 31.6 Å². The maximum atomic E-state index is 11.6. The van der Waals surface area contributed by atoms with Crippen LogP contribution in [0.5, 0.6) is 0 Å². The lowest BCUT2D eigenvalue weighted by Crippen LogP contribution is -2.39. The van der Waals surface area contributed by atoms with E-state index in [2.05, 4.69) is 5.32 Å². The average molecular weight is 244 g/mol. The Morgan fingerprint density at radius 2 is 2.25 bits per heavy atom. The number of carbonyl (C=O) groups excluding carboxylic acids is 1. The van der Waals surface area contributed by atoms with Crippen molar-refractivity contribution in [2.75, 3.05) is 20.3 Å². The molecule has 0 aliphatic heterocycles. The number of ether oxygens (including phenoxy) is 1. The Morgan fingerprint density at radius 1 is 1.62 bits per heavy atom. The summed E-state index contributed by atoms with van der Waals surface area (Å²) < 4.78 is 5.06. The van der Waals surface area contributed by atoms with Gasteiger partial charge in [0.1, 0.15) is 0 Å². The maximum absolute atomic E-state index is 11.6. The first-order valence-corrected chi connectivity index (χ1v) is 5.97. The standard InChI is InChI=1S/C11H20N2O2S/c1-8(9(12)16)10(14)13-7-11(3-4-11)5-6-15-2/h8H,3-7H2,1-2H3,(H2,12,16)(H,13,14). The van der Waals surface area contributed by atoms with Crippen molar-refractivity contribution in [3.8, 4) is 0 Å². The summed E-state index contributed by atoms with van der Waals surface area (Å²) in [5.41, 5.74) is 5.69. The predicted molar refractivity (Wildman–Crippen MR) is 67.1 cm³/mol. The van der Waals surface area contributed by atoms with Crippen LogP contribution in [0.3, 0.4) is 0 Å². The molecule has 1 atom stereocenters. The van der Waals surface area contributed by atoms with Gasteiger partial charge in [0.15, 0.2) is 0 Å². The Kier molecular flexibility index (Phi) is 4.68. The van der Waals surface area contributed by atoms with Crippen molar-refractivity contribution < 1.29 is 9.53 Å². The Balaban J connectivity index is 2.29. The molecule has 1 saturated carbocycles. The van der Waals surface area contributed by atoms with Crippen LogP contribution in [0, 0.1) is 11.3 Å². The zero-order chi connectivity index (χ0) is 12.2. The normalized spacial score (nSPS) is 18.9. The van der Waals surface area contributed by atoms with Crippen molar-refractivity contribution in [1.29, 1.82) is 0 Å². The second-order valence-electron chi connectivity index (χ2n) is 4.58. The van der Waals surface area contributed by atoms with Crippen LogP contribution in [-0.4, -0.2) is 31.2 Å². The highest BCUT2D eigenvalue weighted by molar-refractivity contribution is 7.80. The number of nitrogens with two attached hydrogens (primary N) is 1. The molecule has 1 rings (SSSR count). The molecule has 0 bridgehead atoms. The molecule has 92 valence electrons. The quantitative estimate of drug-likeness (QED) is 0.651. The number of carbonyl (C=O) groups is 1. The molecule has 1 amide bonds. The fourth-order valence-corrected chi connectivity index (χ4v) is 1.67. The van der Waals surface area contributed by atoms with Gasteiger partial charge in [-0.15, -0.1) is 0 Å². The first kappa shape index (κ1) is 13.4. The minimum Gasteiger partial charge on any atom is -0.393 e. The van der Waals surface area contributed by atoms with Crippen LogP contribution >= 0.6 is 12.2 Å². The van der Waals surface area contributed by atoms with Gasteiger partial charge >= 0.3 is 0 Å². The molecule has 0 heterocycles. The van der Waals surface area contributed by atoms with E-state index in [4.69, 9.17) is 22.7 Å². The van der Waals surface area contributed by atoms with Crippen LogP contribution in [0.25, 0.3) is 0 Å². The van der Waals surface area contributed by atoms with Crippen molar-refractivity contribution in [3.63, 3.8) is 0 Å². The molecule has 3 N–H and O–H groups in total. The molecule has 0 aromatic carbocycles. The third-order valence-corrected chi connectivity index (χ3v) is 3.60. The highest BCUT2D eigenvalue weighted by Gasteiger charge is 2.42. The second kappa shape index (κ2) is 5.59. The fraction of sp³-hybridized carbons (Fsp3) is 0.818. The minimum absolute atomic E-state index is 0.0730. The van der Waals surface area contributed by atoms with Crippen LogP contribution in [0.1, 0.15) is 26.2 Å². The molecule has 0 aromatic heterocycles. The van der Waals surface area contributed by atoms with E-state index in [1.165, 1.54) is 0 Å². The zero-order valence-electron chi connectivity index (χ0n) is 9.91. The Labute approximate surface area is 102 Å². The molecule has 5 heteroatoms. The van der Waals surface area contributed by atoms with E-state index >= 15 is 0 Å². The molecule has 0 aromatic rings. The second-order valence-corrected chi connectivity index (χ2v) is 5.06. The van der Waals surface area contributed by atoms with Crippen LogP contribution in [0.2, 0.25) is 0 Å². The lowest BCUT2D eigenvalue weighted by atomic mass is 10.0. The summed E-state index contributed by atoms with van der Waals surface area (Å²) in [6.45, 7) is 3.19. The third-order valence-electron chi connectivity index (χ3n) is 3.25. The van der Waals surface area contributed by atoms with Gasteiger partial charge in [0.2, 0.25) is 5.91 Å². The molecule has 4 nitrogen and oxygen atoms in total. The average Bonchev–Trinajstić information content (AvgIpc) is 3.02. The number of hydrogen-bond donors (Lipinski definition) is 2. The summed E-state index contributed by atoms with van der Waals surface area (Å²) in [4.78, 5) is 11.9. The SMILES string of the molecule is COCCC1(CNC(=O)C(C)C(N)=S)CC1. The third kappa shape index (κ3) is 3.72. The van der Waals surface area contributed by atoms with Crippen LogP contribution in [0.15, 0.2) is 0 Å². The van der Waals surface area contributed by atoms with E-state index in [0.29, 0.717) is 6.54 Å². The van der Waals surface area contributed by atoms with Crippen LogP contribution in [-0.2, 0) is 9.53 Å². The van der Waals surface area contributed by atoms with E-state index in [-0.39, 0.29) is 22.2 Å². The largest absolute Gasteiger partial charge is 0.393 e. The number of methoxy groups -OCH3 is 1. The molecule has 16 heavy (non-hydrogen) atoms. The lowest BCUT2D eigenvalue weighted by molar-refractivity contribution is -0.122. The van der Waals surface area contributed by atoms with Gasteiger partial charge in [0, 0.05) is 20.3 Å². The van der Waals surface area contributed by atoms with E-state index in [9.17, 15) is 4.79 Å². The van der Waals surface area contributed by atoms with Crippen molar-refractivity contribution >= 4 is 23.1 Å². The van der Waals surface area contributed by atoms with Gasteiger partial charge < -0.3 is 15.8 Å². The van der Waals surface area contributed by atoms with Crippen molar-refractivity contribution in [2.24, 2.45) is 17.1 Å². The van der Waals surface area contributed by atoms with Gasteiger partial charge in [-0.2, -0.15) is 0 Å². The number of thiocarbonyl (C=S) groups is 1. The van der Waals surface area contributed by atoms with Crippen molar-refractivity contribution in [1.82, 2.24) is 5.32 Å². The summed E-state index contributed by atoms with van der Waals surface area (Å²) in [5.74, 6) is -0.454. The summed E-state index contributed by atoms with van der Waals surface area (Å²) in [6.07, 6.45) is 3.33. The molecular weight excluding hydrogens is 224 g/mol. The molecule has 0 spiro atoms. The molecule has 1 fully saturated rings. The zero-order valence-corrected chi connectivity index (χ0v) is 10.7. The van der Waals surface area contributed by atoms with Crippen LogP contribution < -0.4 is 11.1 Å². The highest BCUT2D eigenvalue weighted by Crippen LogP contribution is 2.48. The van der Waals surface area contributed by atoms with Crippen molar-refractivity contribution in [3.05, 3.63) is 0 Å². The number of rotatable bonds is 7. The topological polar surface area (TPSA) is 64.3 Å². The molecule has 1 aliphatic carbocycles. The molecular formula is C11H20N2O2S. The summed E-state index contributed by atoms with van der Waals surface area (Å²) in [6, 6.07) is 0. The minimum atomic E-state index is -0.381. The Bertz CT molecular complexity index is 277. The first-order valence-electron chi connectivity index (χ1n) is 5.57. The fourth-order valence-electron chi connectivity index (χ4n) is 1.57. The highest BCUT2D eigenvalue weighted by atomic mass is 32.1. The van der Waals surface area contributed by atoms with Crippen LogP contribution in [0.4, 0.5) is 0 Å². The molecule has 0 radical (unpaired) electrons. The maximum Gasteiger partial charge on any atom is 0.229 e. The van der Waals surface area contributed by atoms with E-state index in [0.717, 1.165) is 25.9 Å². The first-order chi connectivity index (χ1) is 7.51. The molecule has 0 saturated heterocycles. The smallest absolute Gasteiger partial charge is 0.229 e. The van der Waals surface area contributed by atoms with Crippen molar-refractivity contribution in [2.45, 2.75) is 26.2 Å². The Morgan fingerprint density at radius 3 is 2.69 bits per heavy atom. The molecule has 1 aliphatic rings. The predicted octanol–water partition coefficient (Wildman–Crippen LogP) is 0.841. The lowest BCUT2D eigenvalue weighted by Gasteiger charge is -2.17. The van der Waals surface area contributed by atoms with Gasteiger partial charge in [-0.3, -0.25) is 4.79 Å². The van der Waals surface area contributed by atoms with Gasteiger partial charge in [-0.1, -0.05) is 12.2 Å². The number of nitrogens with one attached hydrogen (secondary N) is 1. The monoisotopic (exact) mass is 244 g/mol. The Hall–Kier alpha value is -0.680.